The Morgan fingerprint density at radius 2 is 1.86 bits per heavy atom. The molecular formula is C20H24N4O4. The first-order valence-corrected chi connectivity index (χ1v) is 8.90. The van der Waals surface area contributed by atoms with E-state index < -0.39 is 17.3 Å². The molecule has 0 aromatic carbocycles. The lowest BCUT2D eigenvalue weighted by Gasteiger charge is -2.30. The topological polar surface area (TPSA) is 93.7 Å². The van der Waals surface area contributed by atoms with Gasteiger partial charge in [-0.05, 0) is 52.8 Å². The first-order valence-electron chi connectivity index (χ1n) is 8.90. The molecule has 0 bridgehead atoms. The zero-order chi connectivity index (χ0) is 20.7. The van der Waals surface area contributed by atoms with E-state index >= 15 is 0 Å². The van der Waals surface area contributed by atoms with E-state index in [-0.39, 0.29) is 5.91 Å². The van der Waals surface area contributed by atoms with Crippen LogP contribution >= 0.6 is 0 Å². The van der Waals surface area contributed by atoms with Crippen molar-refractivity contribution in [2.24, 2.45) is 0 Å². The van der Waals surface area contributed by atoms with Gasteiger partial charge in [-0.15, -0.1) is 0 Å². The Morgan fingerprint density at radius 1 is 1.18 bits per heavy atom. The van der Waals surface area contributed by atoms with Crippen molar-refractivity contribution in [1.29, 1.82) is 0 Å². The second-order valence-corrected chi connectivity index (χ2v) is 8.08. The van der Waals surface area contributed by atoms with Gasteiger partial charge in [0.2, 0.25) is 0 Å². The highest BCUT2D eigenvalue weighted by Crippen LogP contribution is 2.35. The zero-order valence-corrected chi connectivity index (χ0v) is 16.9. The van der Waals surface area contributed by atoms with Gasteiger partial charge in [0.05, 0.1) is 0 Å². The molecule has 0 saturated heterocycles. The summed E-state index contributed by atoms with van der Waals surface area (Å²) in [7, 11) is 1.61. The van der Waals surface area contributed by atoms with E-state index in [0.717, 1.165) is 11.1 Å². The average Bonchev–Trinajstić information content (AvgIpc) is 2.60. The van der Waals surface area contributed by atoms with Gasteiger partial charge in [0, 0.05) is 30.6 Å². The highest BCUT2D eigenvalue weighted by atomic mass is 16.6. The summed E-state index contributed by atoms with van der Waals surface area (Å²) in [6.07, 6.45) is 2.80. The number of aromatic nitrogens is 2. The number of rotatable bonds is 2. The Bertz CT molecular complexity index is 917. The fourth-order valence-corrected chi connectivity index (χ4v) is 2.53. The molecule has 1 N–H and O–H groups in total. The van der Waals surface area contributed by atoms with Gasteiger partial charge in [0.25, 0.3) is 5.91 Å². The summed E-state index contributed by atoms with van der Waals surface area (Å²) in [5.74, 6) is 1.12. The Morgan fingerprint density at radius 3 is 2.46 bits per heavy atom. The molecule has 28 heavy (non-hydrogen) atoms. The van der Waals surface area contributed by atoms with Crippen LogP contribution in [0.5, 0.6) is 5.75 Å². The number of hydrogen-bond donors (Lipinski definition) is 1. The van der Waals surface area contributed by atoms with E-state index in [1.807, 2.05) is 26.8 Å². The third-order valence-electron chi connectivity index (χ3n) is 4.09. The number of ether oxygens (including phenoxy) is 2. The number of hydrogen-bond acceptors (Lipinski definition) is 6. The van der Waals surface area contributed by atoms with Crippen molar-refractivity contribution in [3.8, 4) is 16.9 Å². The van der Waals surface area contributed by atoms with Crippen molar-refractivity contribution in [3.05, 3.63) is 30.6 Å². The fourth-order valence-electron chi connectivity index (χ4n) is 2.53. The molecule has 2 amide bonds. The van der Waals surface area contributed by atoms with Gasteiger partial charge in [0.15, 0.2) is 17.2 Å². The Labute approximate surface area is 163 Å². The number of nitrogens with one attached hydrogen (secondary N) is 1. The maximum absolute atomic E-state index is 12.2. The minimum atomic E-state index is -0.967. The van der Waals surface area contributed by atoms with E-state index in [2.05, 4.69) is 15.3 Å². The first-order chi connectivity index (χ1) is 13.0. The number of fused-ring (bicyclic) bond motifs is 1. The molecule has 2 aromatic rings. The molecule has 0 unspecified atom stereocenters. The van der Waals surface area contributed by atoms with Crippen LogP contribution in [0.4, 0.5) is 16.4 Å². The summed E-state index contributed by atoms with van der Waals surface area (Å²) < 4.78 is 11.1. The molecule has 0 radical (unpaired) electrons. The van der Waals surface area contributed by atoms with Crippen molar-refractivity contribution in [2.45, 2.75) is 45.8 Å². The average molecular weight is 384 g/mol. The van der Waals surface area contributed by atoms with Gasteiger partial charge in [-0.3, -0.25) is 9.69 Å². The van der Waals surface area contributed by atoms with Gasteiger partial charge < -0.3 is 14.8 Å². The highest BCUT2D eigenvalue weighted by molar-refractivity contribution is 5.99. The van der Waals surface area contributed by atoms with E-state index in [0.29, 0.717) is 17.4 Å². The standard InChI is InChI=1S/C20H24N4O4/c1-19(2,3)28-18(26)24(6)15-8-7-12(10-21-15)13-9-14-16(22-11-13)23-17(25)20(4,5)27-14/h7-11H,1-6H3,(H,22,23,25). The van der Waals surface area contributed by atoms with Gasteiger partial charge >= 0.3 is 6.09 Å². The number of nitrogens with zero attached hydrogens (tertiary/aromatic N) is 3. The fraction of sp³-hybridized carbons (Fsp3) is 0.400. The molecule has 8 heteroatoms. The molecule has 0 aliphatic carbocycles. The van der Waals surface area contributed by atoms with Gasteiger partial charge in [0.1, 0.15) is 11.4 Å². The number of carbonyl (C=O) groups is 2. The van der Waals surface area contributed by atoms with Crippen molar-refractivity contribution < 1.29 is 19.1 Å². The predicted molar refractivity (Wildman–Crippen MR) is 105 cm³/mol. The van der Waals surface area contributed by atoms with Crippen molar-refractivity contribution >= 4 is 23.6 Å². The molecule has 0 fully saturated rings. The quantitative estimate of drug-likeness (QED) is 0.850. The lowest BCUT2D eigenvalue weighted by molar-refractivity contribution is -0.129. The second kappa shape index (κ2) is 6.78. The molecule has 0 atom stereocenters. The van der Waals surface area contributed by atoms with E-state index in [1.165, 1.54) is 4.90 Å². The van der Waals surface area contributed by atoms with Crippen molar-refractivity contribution in [2.75, 3.05) is 17.3 Å². The smallest absolute Gasteiger partial charge is 0.415 e. The molecule has 3 heterocycles. The molecular weight excluding hydrogens is 360 g/mol. The number of carbonyl (C=O) groups excluding carboxylic acids is 2. The molecule has 1 aliphatic rings. The van der Waals surface area contributed by atoms with Crippen LogP contribution in [0.2, 0.25) is 0 Å². The summed E-state index contributed by atoms with van der Waals surface area (Å²) in [4.78, 5) is 34.1. The molecule has 0 spiro atoms. The summed E-state index contributed by atoms with van der Waals surface area (Å²) in [6, 6.07) is 5.36. The third kappa shape index (κ3) is 4.05. The van der Waals surface area contributed by atoms with Crippen LogP contribution in [0.1, 0.15) is 34.6 Å². The highest BCUT2D eigenvalue weighted by Gasteiger charge is 2.36. The van der Waals surface area contributed by atoms with Gasteiger partial charge in [-0.25, -0.2) is 14.8 Å². The third-order valence-corrected chi connectivity index (χ3v) is 4.09. The number of pyridine rings is 2. The van der Waals surface area contributed by atoms with Crippen LogP contribution in [0.15, 0.2) is 30.6 Å². The Hall–Kier alpha value is -3.16. The largest absolute Gasteiger partial charge is 0.474 e. The molecule has 2 aromatic heterocycles. The lowest BCUT2D eigenvalue weighted by Crippen LogP contribution is -2.45. The molecule has 148 valence electrons. The van der Waals surface area contributed by atoms with Gasteiger partial charge in [-0.2, -0.15) is 0 Å². The van der Waals surface area contributed by atoms with E-state index in [1.54, 1.807) is 45.4 Å². The molecule has 1 aliphatic heterocycles. The lowest BCUT2D eigenvalue weighted by atomic mass is 10.1. The maximum atomic E-state index is 12.2. The minimum Gasteiger partial charge on any atom is -0.474 e. The first kappa shape index (κ1) is 19.6. The minimum absolute atomic E-state index is 0.239. The molecule has 3 rings (SSSR count). The van der Waals surface area contributed by atoms with Crippen LogP contribution in [0, 0.1) is 0 Å². The van der Waals surface area contributed by atoms with E-state index in [9.17, 15) is 9.59 Å². The van der Waals surface area contributed by atoms with Crippen LogP contribution in [0.25, 0.3) is 11.1 Å². The number of amides is 2. The second-order valence-electron chi connectivity index (χ2n) is 8.08. The van der Waals surface area contributed by atoms with Crippen LogP contribution in [-0.2, 0) is 9.53 Å². The molecule has 0 saturated carbocycles. The Kier molecular flexibility index (Phi) is 4.74. The summed E-state index contributed by atoms with van der Waals surface area (Å²) in [6.45, 7) is 8.82. The van der Waals surface area contributed by atoms with Crippen molar-refractivity contribution in [3.63, 3.8) is 0 Å². The Balaban J connectivity index is 1.81. The zero-order valence-electron chi connectivity index (χ0n) is 16.9. The maximum Gasteiger partial charge on any atom is 0.415 e. The molecule has 8 nitrogen and oxygen atoms in total. The summed E-state index contributed by atoms with van der Waals surface area (Å²) >= 11 is 0. The van der Waals surface area contributed by atoms with Crippen LogP contribution in [-0.4, -0.2) is 40.2 Å². The number of anilines is 2. The van der Waals surface area contributed by atoms with Gasteiger partial charge in [-0.1, -0.05) is 0 Å². The monoisotopic (exact) mass is 384 g/mol. The van der Waals surface area contributed by atoms with E-state index in [4.69, 9.17) is 9.47 Å². The normalized spacial score (nSPS) is 15.1. The van der Waals surface area contributed by atoms with Crippen LogP contribution < -0.4 is 15.0 Å². The van der Waals surface area contributed by atoms with Crippen molar-refractivity contribution in [1.82, 2.24) is 9.97 Å². The summed E-state index contributed by atoms with van der Waals surface area (Å²) in [5, 5.41) is 2.74. The SMILES string of the molecule is CN(C(=O)OC(C)(C)C)c1ccc(-c2cnc3c(c2)OC(C)(C)C(=O)N3)cn1. The van der Waals surface area contributed by atoms with Crippen LogP contribution in [0.3, 0.4) is 0 Å². The predicted octanol–water partition coefficient (Wildman–Crippen LogP) is 3.62. The summed E-state index contributed by atoms with van der Waals surface area (Å²) in [5.41, 5.74) is 0.0362.